The Bertz CT molecular complexity index is 173. The molecule has 0 radical (unpaired) electrons. The molecule has 1 rings (SSSR count). The molecular weight excluding hydrogens is 164 g/mol. The molecule has 2 unspecified atom stereocenters. The first-order valence-electron chi connectivity index (χ1n) is 5.23. The van der Waals surface area contributed by atoms with Crippen molar-refractivity contribution in [1.82, 2.24) is 0 Å². The Morgan fingerprint density at radius 2 is 1.92 bits per heavy atom. The summed E-state index contributed by atoms with van der Waals surface area (Å²) in [5.74, 6) is 0. The van der Waals surface area contributed by atoms with E-state index in [-0.39, 0.29) is 23.5 Å². The highest BCUT2D eigenvalue weighted by molar-refractivity contribution is 4.97. The lowest BCUT2D eigenvalue weighted by Crippen LogP contribution is -2.48. The lowest BCUT2D eigenvalue weighted by Gasteiger charge is -2.51. The molecule has 2 heteroatoms. The third-order valence-electron chi connectivity index (χ3n) is 4.26. The van der Waals surface area contributed by atoms with Gasteiger partial charge in [-0.3, -0.25) is 0 Å². The number of hydrogen-bond donors (Lipinski definition) is 2. The molecule has 0 amide bonds. The zero-order valence-corrected chi connectivity index (χ0v) is 9.01. The maximum absolute atomic E-state index is 9.92. The van der Waals surface area contributed by atoms with Crippen molar-refractivity contribution in [1.29, 1.82) is 0 Å². The van der Waals surface area contributed by atoms with Gasteiger partial charge in [-0.25, -0.2) is 0 Å². The van der Waals surface area contributed by atoms with E-state index in [0.29, 0.717) is 0 Å². The summed E-state index contributed by atoms with van der Waals surface area (Å²) in [6.07, 6.45) is 3.71. The van der Waals surface area contributed by atoms with E-state index in [1.54, 1.807) is 0 Å². The second-order valence-electron chi connectivity index (χ2n) is 5.16. The number of rotatable bonds is 2. The maximum Gasteiger partial charge on any atom is 0.0596 e. The van der Waals surface area contributed by atoms with E-state index in [1.807, 2.05) is 0 Å². The summed E-state index contributed by atoms with van der Waals surface area (Å²) in [5.41, 5.74) is 0.0351. The summed E-state index contributed by atoms with van der Waals surface area (Å²) < 4.78 is 0. The molecule has 13 heavy (non-hydrogen) atoms. The van der Waals surface area contributed by atoms with Gasteiger partial charge in [0.15, 0.2) is 0 Å². The molecule has 2 nitrogen and oxygen atoms in total. The molecule has 0 saturated heterocycles. The molecule has 0 aromatic rings. The molecule has 0 aromatic heterocycles. The van der Waals surface area contributed by atoms with E-state index in [0.717, 1.165) is 25.7 Å². The van der Waals surface area contributed by atoms with Gasteiger partial charge in [-0.15, -0.1) is 0 Å². The first-order valence-corrected chi connectivity index (χ1v) is 5.23. The van der Waals surface area contributed by atoms with E-state index in [2.05, 4.69) is 20.8 Å². The molecule has 1 aliphatic rings. The van der Waals surface area contributed by atoms with Gasteiger partial charge in [-0.2, -0.15) is 0 Å². The van der Waals surface area contributed by atoms with Gasteiger partial charge in [0.05, 0.1) is 6.10 Å². The summed E-state index contributed by atoms with van der Waals surface area (Å²) in [4.78, 5) is 0. The summed E-state index contributed by atoms with van der Waals surface area (Å²) >= 11 is 0. The normalized spacial score (nSPS) is 39.0. The standard InChI is InChI=1S/C11H22O2/c1-10(2)9(13)5-4-6-11(10,3)7-8-12/h9,12-13H,4-8H2,1-3H3. The molecule has 2 N–H and O–H groups in total. The van der Waals surface area contributed by atoms with Crippen LogP contribution in [0.4, 0.5) is 0 Å². The highest BCUT2D eigenvalue weighted by atomic mass is 16.3. The minimum absolute atomic E-state index is 0.0615. The Morgan fingerprint density at radius 3 is 2.46 bits per heavy atom. The highest BCUT2D eigenvalue weighted by Crippen LogP contribution is 2.51. The largest absolute Gasteiger partial charge is 0.396 e. The fourth-order valence-electron chi connectivity index (χ4n) is 2.46. The van der Waals surface area contributed by atoms with Crippen molar-refractivity contribution < 1.29 is 10.2 Å². The van der Waals surface area contributed by atoms with E-state index in [1.165, 1.54) is 0 Å². The monoisotopic (exact) mass is 186 g/mol. The molecule has 0 bridgehead atoms. The molecule has 1 saturated carbocycles. The molecule has 0 heterocycles. The van der Waals surface area contributed by atoms with Gasteiger partial charge in [0.1, 0.15) is 0 Å². The lowest BCUT2D eigenvalue weighted by molar-refractivity contribution is -0.0910. The zero-order valence-electron chi connectivity index (χ0n) is 9.01. The van der Waals surface area contributed by atoms with Crippen molar-refractivity contribution in [2.75, 3.05) is 6.61 Å². The highest BCUT2D eigenvalue weighted by Gasteiger charge is 2.47. The van der Waals surface area contributed by atoms with Crippen LogP contribution in [0.15, 0.2) is 0 Å². The Labute approximate surface area is 81.0 Å². The van der Waals surface area contributed by atoms with Crippen LogP contribution < -0.4 is 0 Å². The van der Waals surface area contributed by atoms with Crippen molar-refractivity contribution in [2.24, 2.45) is 10.8 Å². The second-order valence-corrected chi connectivity index (χ2v) is 5.16. The Balaban J connectivity index is 2.81. The summed E-state index contributed by atoms with van der Waals surface area (Å²) in [7, 11) is 0. The lowest BCUT2D eigenvalue weighted by atomic mass is 9.56. The van der Waals surface area contributed by atoms with Crippen LogP contribution in [0.1, 0.15) is 46.5 Å². The minimum Gasteiger partial charge on any atom is -0.396 e. The van der Waals surface area contributed by atoms with E-state index in [4.69, 9.17) is 5.11 Å². The number of aliphatic hydroxyl groups is 2. The van der Waals surface area contributed by atoms with E-state index >= 15 is 0 Å². The van der Waals surface area contributed by atoms with Crippen LogP contribution in [0.5, 0.6) is 0 Å². The first kappa shape index (κ1) is 11.0. The summed E-state index contributed by atoms with van der Waals surface area (Å²) in [6, 6.07) is 0. The van der Waals surface area contributed by atoms with Gasteiger partial charge < -0.3 is 10.2 Å². The predicted octanol–water partition coefficient (Wildman–Crippen LogP) is 1.95. The topological polar surface area (TPSA) is 40.5 Å². The number of aliphatic hydroxyl groups excluding tert-OH is 2. The maximum atomic E-state index is 9.92. The number of hydrogen-bond acceptors (Lipinski definition) is 2. The molecule has 0 spiro atoms. The van der Waals surface area contributed by atoms with Gasteiger partial charge in [0.2, 0.25) is 0 Å². The molecule has 0 aromatic carbocycles. The SMILES string of the molecule is CC1(CCO)CCCC(O)C1(C)C. The van der Waals surface area contributed by atoms with Crippen LogP contribution in [0.2, 0.25) is 0 Å². The van der Waals surface area contributed by atoms with Crippen molar-refractivity contribution in [2.45, 2.75) is 52.6 Å². The van der Waals surface area contributed by atoms with Crippen LogP contribution in [0, 0.1) is 10.8 Å². The molecule has 1 aliphatic carbocycles. The molecule has 0 aliphatic heterocycles. The predicted molar refractivity (Wildman–Crippen MR) is 53.4 cm³/mol. The Morgan fingerprint density at radius 1 is 1.31 bits per heavy atom. The average Bonchev–Trinajstić information content (AvgIpc) is 2.02. The van der Waals surface area contributed by atoms with Gasteiger partial charge >= 0.3 is 0 Å². The molecule has 1 fully saturated rings. The average molecular weight is 186 g/mol. The second kappa shape index (κ2) is 3.58. The van der Waals surface area contributed by atoms with Crippen molar-refractivity contribution >= 4 is 0 Å². The van der Waals surface area contributed by atoms with Crippen LogP contribution in [0.3, 0.4) is 0 Å². The molecule has 78 valence electrons. The smallest absolute Gasteiger partial charge is 0.0596 e. The van der Waals surface area contributed by atoms with Crippen molar-refractivity contribution in [3.63, 3.8) is 0 Å². The van der Waals surface area contributed by atoms with Gasteiger partial charge in [-0.05, 0) is 30.1 Å². The molecular formula is C11H22O2. The third kappa shape index (κ3) is 1.75. The van der Waals surface area contributed by atoms with E-state index < -0.39 is 0 Å². The summed E-state index contributed by atoms with van der Waals surface area (Å²) in [6.45, 7) is 6.65. The van der Waals surface area contributed by atoms with Gasteiger partial charge in [0, 0.05) is 6.61 Å². The zero-order chi connectivity index (χ0) is 10.1. The Hall–Kier alpha value is -0.0800. The van der Waals surface area contributed by atoms with Crippen LogP contribution >= 0.6 is 0 Å². The van der Waals surface area contributed by atoms with Gasteiger partial charge in [-0.1, -0.05) is 27.2 Å². The molecule has 2 atom stereocenters. The van der Waals surface area contributed by atoms with E-state index in [9.17, 15) is 5.11 Å². The third-order valence-corrected chi connectivity index (χ3v) is 4.26. The van der Waals surface area contributed by atoms with Crippen LogP contribution in [-0.4, -0.2) is 22.9 Å². The summed E-state index contributed by atoms with van der Waals surface area (Å²) in [5, 5.41) is 18.9. The van der Waals surface area contributed by atoms with Gasteiger partial charge in [0.25, 0.3) is 0 Å². The van der Waals surface area contributed by atoms with Crippen LogP contribution in [-0.2, 0) is 0 Å². The van der Waals surface area contributed by atoms with Crippen LogP contribution in [0.25, 0.3) is 0 Å². The quantitative estimate of drug-likeness (QED) is 0.692. The first-order chi connectivity index (χ1) is 5.94. The Kier molecular flexibility index (Phi) is 3.03. The fourth-order valence-corrected chi connectivity index (χ4v) is 2.46. The minimum atomic E-state index is -0.210. The van der Waals surface area contributed by atoms with Crippen molar-refractivity contribution in [3.8, 4) is 0 Å². The fraction of sp³-hybridized carbons (Fsp3) is 1.00. The van der Waals surface area contributed by atoms with Crippen molar-refractivity contribution in [3.05, 3.63) is 0 Å².